The average molecular weight is 368 g/mol. The molecule has 1 aromatic rings. The maximum absolute atomic E-state index is 12.5. The third kappa shape index (κ3) is 3.40. The molecular formula is C22H28N2O3. The van der Waals surface area contributed by atoms with Crippen molar-refractivity contribution in [2.75, 3.05) is 13.1 Å². The van der Waals surface area contributed by atoms with E-state index in [1.54, 1.807) is 0 Å². The lowest BCUT2D eigenvalue weighted by molar-refractivity contribution is -0.140. The Hall–Kier alpha value is -2.17. The Morgan fingerprint density at radius 1 is 1.00 bits per heavy atom. The third-order valence-electron chi connectivity index (χ3n) is 6.82. The van der Waals surface area contributed by atoms with E-state index in [0.717, 1.165) is 38.5 Å². The largest absolute Gasteiger partial charge is 0.355 e. The summed E-state index contributed by atoms with van der Waals surface area (Å²) in [7, 11) is 0. The number of benzene rings is 1. The molecular weight excluding hydrogens is 340 g/mol. The molecule has 1 aliphatic heterocycles. The summed E-state index contributed by atoms with van der Waals surface area (Å²) < 4.78 is 0. The summed E-state index contributed by atoms with van der Waals surface area (Å²) in [4.78, 5) is 38.7. The first-order chi connectivity index (χ1) is 13.1. The molecule has 3 fully saturated rings. The van der Waals surface area contributed by atoms with E-state index in [1.165, 1.54) is 16.9 Å². The molecule has 5 nitrogen and oxygen atoms in total. The molecule has 3 amide bonds. The van der Waals surface area contributed by atoms with Crippen LogP contribution in [0.5, 0.6) is 0 Å². The van der Waals surface area contributed by atoms with Crippen molar-refractivity contribution in [3.8, 4) is 0 Å². The second-order valence-electron chi connectivity index (χ2n) is 8.35. The number of nitrogens with zero attached hydrogens (tertiary/aromatic N) is 1. The monoisotopic (exact) mass is 368 g/mol. The van der Waals surface area contributed by atoms with E-state index in [0.29, 0.717) is 6.54 Å². The van der Waals surface area contributed by atoms with Gasteiger partial charge in [-0.25, -0.2) is 0 Å². The highest BCUT2D eigenvalue weighted by Gasteiger charge is 2.47. The molecule has 1 saturated heterocycles. The molecule has 1 N–H and O–H groups in total. The van der Waals surface area contributed by atoms with Crippen LogP contribution in [-0.2, 0) is 19.8 Å². The van der Waals surface area contributed by atoms with Gasteiger partial charge in [0.15, 0.2) is 0 Å². The minimum absolute atomic E-state index is 0.0468. The Kier molecular flexibility index (Phi) is 5.02. The van der Waals surface area contributed by atoms with Crippen molar-refractivity contribution >= 4 is 17.7 Å². The first-order valence-electron chi connectivity index (χ1n) is 10.3. The van der Waals surface area contributed by atoms with E-state index in [4.69, 9.17) is 0 Å². The molecule has 1 aromatic carbocycles. The minimum atomic E-state index is -0.134. The van der Waals surface area contributed by atoms with Gasteiger partial charge in [-0.1, -0.05) is 49.6 Å². The second kappa shape index (κ2) is 7.45. The number of likely N-dealkylation sites (tertiary alicyclic amines) is 1. The molecule has 3 aliphatic rings. The number of amides is 3. The Labute approximate surface area is 160 Å². The van der Waals surface area contributed by atoms with Gasteiger partial charge in [0.2, 0.25) is 17.7 Å². The van der Waals surface area contributed by atoms with Crippen molar-refractivity contribution in [1.82, 2.24) is 10.2 Å². The normalized spacial score (nSPS) is 26.4. The van der Waals surface area contributed by atoms with Gasteiger partial charge in [-0.2, -0.15) is 0 Å². The van der Waals surface area contributed by atoms with E-state index < -0.39 is 0 Å². The zero-order chi connectivity index (χ0) is 18.9. The first kappa shape index (κ1) is 18.2. The van der Waals surface area contributed by atoms with Crippen LogP contribution in [0, 0.1) is 11.8 Å². The van der Waals surface area contributed by atoms with Gasteiger partial charge in [-0.15, -0.1) is 0 Å². The summed E-state index contributed by atoms with van der Waals surface area (Å²) in [6, 6.07) is 10.4. The quantitative estimate of drug-likeness (QED) is 0.785. The number of fused-ring (bicyclic) bond motifs is 1. The summed E-state index contributed by atoms with van der Waals surface area (Å²) in [5.74, 6) is -0.460. The van der Waals surface area contributed by atoms with Crippen LogP contribution in [-0.4, -0.2) is 35.7 Å². The molecule has 4 rings (SSSR count). The molecule has 2 unspecified atom stereocenters. The molecule has 0 spiro atoms. The molecule has 2 aliphatic carbocycles. The first-order valence-corrected chi connectivity index (χ1v) is 10.3. The highest BCUT2D eigenvalue weighted by molar-refractivity contribution is 6.05. The predicted molar refractivity (Wildman–Crippen MR) is 102 cm³/mol. The van der Waals surface area contributed by atoms with Crippen molar-refractivity contribution in [3.05, 3.63) is 35.9 Å². The van der Waals surface area contributed by atoms with E-state index >= 15 is 0 Å². The number of hydrogen-bond acceptors (Lipinski definition) is 3. The minimum Gasteiger partial charge on any atom is -0.355 e. The molecule has 1 heterocycles. The summed E-state index contributed by atoms with van der Waals surface area (Å²) in [5, 5.41) is 3.05. The number of nitrogens with one attached hydrogen (secondary N) is 1. The van der Waals surface area contributed by atoms with Crippen LogP contribution in [0.1, 0.15) is 56.9 Å². The molecule has 5 heteroatoms. The maximum Gasteiger partial charge on any atom is 0.233 e. The number of hydrogen-bond donors (Lipinski definition) is 1. The Morgan fingerprint density at radius 3 is 2.19 bits per heavy atom. The Bertz CT molecular complexity index is 702. The average Bonchev–Trinajstić information content (AvgIpc) is 2.91. The molecule has 0 aromatic heterocycles. The lowest BCUT2D eigenvalue weighted by atomic mass is 9.64. The SMILES string of the molecule is O=C(CCN1C(=O)C2CCCCC2C1=O)NCC1(c2ccccc2)CCC1. The number of carbonyl (C=O) groups is 3. The van der Waals surface area contributed by atoms with Crippen molar-refractivity contribution in [3.63, 3.8) is 0 Å². The van der Waals surface area contributed by atoms with E-state index in [1.807, 2.05) is 18.2 Å². The molecule has 144 valence electrons. The highest BCUT2D eigenvalue weighted by atomic mass is 16.2. The van der Waals surface area contributed by atoms with E-state index in [-0.39, 0.29) is 47.9 Å². The van der Waals surface area contributed by atoms with Gasteiger partial charge in [-0.3, -0.25) is 19.3 Å². The lowest BCUT2D eigenvalue weighted by Gasteiger charge is -2.42. The zero-order valence-corrected chi connectivity index (χ0v) is 15.8. The van der Waals surface area contributed by atoms with E-state index in [2.05, 4.69) is 17.4 Å². The fraction of sp³-hybridized carbons (Fsp3) is 0.591. The highest BCUT2D eigenvalue weighted by Crippen LogP contribution is 2.43. The van der Waals surface area contributed by atoms with Crippen molar-refractivity contribution in [2.24, 2.45) is 11.8 Å². The summed E-state index contributed by atoms with van der Waals surface area (Å²) in [6.45, 7) is 0.845. The third-order valence-corrected chi connectivity index (χ3v) is 6.82. The topological polar surface area (TPSA) is 66.5 Å². The Balaban J connectivity index is 1.30. The van der Waals surface area contributed by atoms with Crippen LogP contribution < -0.4 is 5.32 Å². The molecule has 0 bridgehead atoms. The summed E-state index contributed by atoms with van der Waals surface area (Å²) >= 11 is 0. The van der Waals surface area contributed by atoms with Crippen molar-refractivity contribution < 1.29 is 14.4 Å². The molecule has 2 atom stereocenters. The van der Waals surface area contributed by atoms with Crippen molar-refractivity contribution in [2.45, 2.75) is 56.8 Å². The predicted octanol–water partition coefficient (Wildman–Crippen LogP) is 2.79. The van der Waals surface area contributed by atoms with Gasteiger partial charge >= 0.3 is 0 Å². The van der Waals surface area contributed by atoms with Crippen LogP contribution in [0.25, 0.3) is 0 Å². The fourth-order valence-electron chi connectivity index (χ4n) is 4.98. The van der Waals surface area contributed by atoms with Crippen LogP contribution >= 0.6 is 0 Å². The van der Waals surface area contributed by atoms with Crippen LogP contribution in [0.2, 0.25) is 0 Å². The lowest BCUT2D eigenvalue weighted by Crippen LogP contribution is -2.46. The van der Waals surface area contributed by atoms with Crippen LogP contribution in [0.15, 0.2) is 30.3 Å². The number of imide groups is 1. The van der Waals surface area contributed by atoms with Gasteiger partial charge in [0.25, 0.3) is 0 Å². The zero-order valence-electron chi connectivity index (χ0n) is 15.8. The summed E-state index contributed by atoms with van der Waals surface area (Å²) in [6.07, 6.45) is 7.24. The standard InChI is InChI=1S/C22H28N2O3/c25-19(23-15-22(12-6-13-22)16-7-2-1-3-8-16)11-14-24-20(26)17-9-4-5-10-18(17)21(24)27/h1-3,7-8,17-18H,4-6,9-15H2,(H,23,25). The van der Waals surface area contributed by atoms with Gasteiger partial charge < -0.3 is 5.32 Å². The smallest absolute Gasteiger partial charge is 0.233 e. The van der Waals surface area contributed by atoms with Crippen LogP contribution in [0.3, 0.4) is 0 Å². The number of rotatable bonds is 6. The van der Waals surface area contributed by atoms with Gasteiger partial charge in [0.1, 0.15) is 0 Å². The fourth-order valence-corrected chi connectivity index (χ4v) is 4.98. The molecule has 2 saturated carbocycles. The number of carbonyl (C=O) groups excluding carboxylic acids is 3. The molecule has 0 radical (unpaired) electrons. The van der Waals surface area contributed by atoms with Gasteiger partial charge in [-0.05, 0) is 31.2 Å². The summed E-state index contributed by atoms with van der Waals surface area (Å²) in [5.41, 5.74) is 1.33. The van der Waals surface area contributed by atoms with E-state index in [9.17, 15) is 14.4 Å². The Morgan fingerprint density at radius 2 is 1.63 bits per heavy atom. The van der Waals surface area contributed by atoms with Crippen LogP contribution in [0.4, 0.5) is 0 Å². The second-order valence-corrected chi connectivity index (χ2v) is 8.35. The maximum atomic E-state index is 12.5. The van der Waals surface area contributed by atoms with Crippen molar-refractivity contribution in [1.29, 1.82) is 0 Å². The van der Waals surface area contributed by atoms with Gasteiger partial charge in [0.05, 0.1) is 11.8 Å². The van der Waals surface area contributed by atoms with Gasteiger partial charge in [0, 0.05) is 24.9 Å². The molecule has 27 heavy (non-hydrogen) atoms.